The summed E-state index contributed by atoms with van der Waals surface area (Å²) in [6, 6.07) is 12.4. The fraction of sp³-hybridized carbons (Fsp3) is 0.409. The zero-order chi connectivity index (χ0) is 19.6. The van der Waals surface area contributed by atoms with Gasteiger partial charge in [-0.25, -0.2) is 9.67 Å². The highest BCUT2D eigenvalue weighted by atomic mass is 16.3. The average molecular weight is 390 g/mol. The van der Waals surface area contributed by atoms with Gasteiger partial charge in [-0.1, -0.05) is 18.2 Å². The molecule has 7 nitrogen and oxygen atoms in total. The molecule has 1 saturated carbocycles. The molecule has 4 atom stereocenters. The Morgan fingerprint density at radius 1 is 1.00 bits per heavy atom. The van der Waals surface area contributed by atoms with Crippen molar-refractivity contribution in [1.82, 2.24) is 24.6 Å². The van der Waals surface area contributed by atoms with Crippen molar-refractivity contribution in [2.45, 2.75) is 31.5 Å². The van der Waals surface area contributed by atoms with Crippen molar-refractivity contribution in [1.29, 1.82) is 0 Å². The van der Waals surface area contributed by atoms with E-state index < -0.39 is 0 Å². The van der Waals surface area contributed by atoms with Gasteiger partial charge >= 0.3 is 0 Å². The summed E-state index contributed by atoms with van der Waals surface area (Å²) in [7, 11) is 0. The van der Waals surface area contributed by atoms with Gasteiger partial charge in [-0.15, -0.1) is 0 Å². The highest BCUT2D eigenvalue weighted by Crippen LogP contribution is 2.38. The third-order valence-electron chi connectivity index (χ3n) is 6.22. The molecule has 5 rings (SSSR count). The lowest BCUT2D eigenvalue weighted by Crippen LogP contribution is -2.43. The Morgan fingerprint density at radius 3 is 2.62 bits per heavy atom. The molecule has 0 radical (unpaired) electrons. The first-order valence-electron chi connectivity index (χ1n) is 10.3. The first kappa shape index (κ1) is 18.3. The molecule has 29 heavy (non-hydrogen) atoms. The number of benzene rings is 1. The van der Waals surface area contributed by atoms with Crippen molar-refractivity contribution in [2.75, 3.05) is 18.4 Å². The van der Waals surface area contributed by atoms with Crippen molar-refractivity contribution < 1.29 is 5.11 Å². The van der Waals surface area contributed by atoms with E-state index in [4.69, 9.17) is 0 Å². The van der Waals surface area contributed by atoms with Crippen molar-refractivity contribution >= 4 is 5.82 Å². The summed E-state index contributed by atoms with van der Waals surface area (Å²) in [5, 5.41) is 18.6. The largest absolute Gasteiger partial charge is 0.391 e. The molecule has 0 spiro atoms. The molecule has 1 aliphatic heterocycles. The quantitative estimate of drug-likeness (QED) is 0.696. The number of anilines is 1. The van der Waals surface area contributed by atoms with Crippen molar-refractivity contribution in [3.05, 3.63) is 66.9 Å². The first-order chi connectivity index (χ1) is 14.3. The van der Waals surface area contributed by atoms with Gasteiger partial charge in [0, 0.05) is 38.2 Å². The lowest BCUT2D eigenvalue weighted by molar-refractivity contribution is 0.0735. The third-order valence-corrected chi connectivity index (χ3v) is 6.22. The number of fused-ring (bicyclic) bond motifs is 1. The second-order valence-corrected chi connectivity index (χ2v) is 8.16. The third kappa shape index (κ3) is 3.88. The minimum atomic E-state index is -0.354. The average Bonchev–Trinajstić information content (AvgIpc) is 3.36. The Kier molecular flexibility index (Phi) is 4.99. The predicted molar refractivity (Wildman–Crippen MR) is 111 cm³/mol. The van der Waals surface area contributed by atoms with Crippen LogP contribution < -0.4 is 5.32 Å². The van der Waals surface area contributed by atoms with Crippen LogP contribution in [-0.4, -0.2) is 55.0 Å². The number of hydrogen-bond acceptors (Lipinski definition) is 6. The normalized spacial score (nSPS) is 26.9. The van der Waals surface area contributed by atoms with Gasteiger partial charge in [-0.2, -0.15) is 5.10 Å². The van der Waals surface area contributed by atoms with E-state index in [2.05, 4.69) is 43.5 Å². The highest BCUT2D eigenvalue weighted by Gasteiger charge is 2.41. The number of rotatable bonds is 5. The maximum atomic E-state index is 10.7. The van der Waals surface area contributed by atoms with Crippen molar-refractivity contribution in [3.8, 4) is 5.69 Å². The molecule has 2 aliphatic rings. The zero-order valence-electron chi connectivity index (χ0n) is 16.3. The molecule has 7 heteroatoms. The number of aliphatic hydroxyl groups excluding tert-OH is 1. The van der Waals surface area contributed by atoms with Crippen molar-refractivity contribution in [2.24, 2.45) is 11.8 Å². The van der Waals surface area contributed by atoms with Crippen LogP contribution in [0.1, 0.15) is 18.5 Å². The van der Waals surface area contributed by atoms with E-state index in [1.54, 1.807) is 18.6 Å². The van der Waals surface area contributed by atoms with E-state index >= 15 is 0 Å². The highest BCUT2D eigenvalue weighted by molar-refractivity contribution is 5.33. The minimum absolute atomic E-state index is 0.0303. The van der Waals surface area contributed by atoms with Crippen LogP contribution in [0.5, 0.6) is 0 Å². The SMILES string of the molecule is O[C@@H]1C[C@H]2CN(Cc3ccnn3-c3ccccc3)C[C@H]2C[C@H]1Nc1cnccn1. The number of para-hydroxylation sites is 1. The summed E-state index contributed by atoms with van der Waals surface area (Å²) in [5.74, 6) is 1.86. The van der Waals surface area contributed by atoms with Gasteiger partial charge in [0.1, 0.15) is 5.82 Å². The molecule has 2 N–H and O–H groups in total. The van der Waals surface area contributed by atoms with Gasteiger partial charge in [-0.05, 0) is 42.9 Å². The van der Waals surface area contributed by atoms with Gasteiger partial charge in [0.05, 0.1) is 29.7 Å². The van der Waals surface area contributed by atoms with E-state index in [1.807, 2.05) is 29.1 Å². The summed E-state index contributed by atoms with van der Waals surface area (Å²) < 4.78 is 2.02. The Balaban J connectivity index is 1.25. The van der Waals surface area contributed by atoms with Crippen LogP contribution in [0.3, 0.4) is 0 Å². The van der Waals surface area contributed by atoms with Gasteiger partial charge in [0.2, 0.25) is 0 Å². The molecule has 0 amide bonds. The summed E-state index contributed by atoms with van der Waals surface area (Å²) in [6.07, 6.45) is 8.35. The topological polar surface area (TPSA) is 79.1 Å². The van der Waals surface area contributed by atoms with Crippen LogP contribution in [0.25, 0.3) is 5.69 Å². The second-order valence-electron chi connectivity index (χ2n) is 8.16. The Bertz CT molecular complexity index is 931. The smallest absolute Gasteiger partial charge is 0.144 e. The molecular formula is C22H26N6O. The zero-order valence-corrected chi connectivity index (χ0v) is 16.3. The number of nitrogens with one attached hydrogen (secondary N) is 1. The molecule has 1 aliphatic carbocycles. The second kappa shape index (κ2) is 7.93. The number of hydrogen-bond donors (Lipinski definition) is 2. The van der Waals surface area contributed by atoms with Crippen LogP contribution >= 0.6 is 0 Å². The predicted octanol–water partition coefficient (Wildman–Crippen LogP) is 2.35. The molecule has 0 bridgehead atoms. The molecule has 3 aromatic rings. The lowest BCUT2D eigenvalue weighted by Gasteiger charge is -2.35. The molecule has 1 saturated heterocycles. The van der Waals surface area contributed by atoms with Crippen molar-refractivity contribution in [3.63, 3.8) is 0 Å². The van der Waals surface area contributed by atoms with E-state index in [9.17, 15) is 5.11 Å². The van der Waals surface area contributed by atoms with Gasteiger partial charge in [0.15, 0.2) is 0 Å². The maximum absolute atomic E-state index is 10.7. The number of nitrogens with zero attached hydrogens (tertiary/aromatic N) is 5. The van der Waals surface area contributed by atoms with E-state index in [0.717, 1.165) is 44.0 Å². The maximum Gasteiger partial charge on any atom is 0.144 e. The van der Waals surface area contributed by atoms with E-state index in [1.165, 1.54) is 5.69 Å². The molecular weight excluding hydrogens is 364 g/mol. The van der Waals surface area contributed by atoms with Gasteiger partial charge < -0.3 is 10.4 Å². The van der Waals surface area contributed by atoms with Gasteiger partial charge in [-0.3, -0.25) is 9.88 Å². The molecule has 3 heterocycles. The van der Waals surface area contributed by atoms with Crippen LogP contribution in [0.4, 0.5) is 5.82 Å². The molecule has 2 aromatic heterocycles. The summed E-state index contributed by atoms with van der Waals surface area (Å²) in [5.41, 5.74) is 2.29. The molecule has 1 aromatic carbocycles. The first-order valence-corrected chi connectivity index (χ1v) is 10.3. The lowest BCUT2D eigenvalue weighted by atomic mass is 9.77. The van der Waals surface area contributed by atoms with E-state index in [-0.39, 0.29) is 12.1 Å². The van der Waals surface area contributed by atoms with E-state index in [0.29, 0.717) is 11.8 Å². The summed E-state index contributed by atoms with van der Waals surface area (Å²) in [4.78, 5) is 10.9. The molecule has 150 valence electrons. The Morgan fingerprint density at radius 2 is 1.83 bits per heavy atom. The summed E-state index contributed by atoms with van der Waals surface area (Å²) in [6.45, 7) is 2.95. The van der Waals surface area contributed by atoms with Crippen LogP contribution in [0.15, 0.2) is 61.2 Å². The van der Waals surface area contributed by atoms with Crippen LogP contribution in [-0.2, 0) is 6.54 Å². The Labute approximate surface area is 170 Å². The number of aliphatic hydroxyl groups is 1. The van der Waals surface area contributed by atoms with Gasteiger partial charge in [0.25, 0.3) is 0 Å². The summed E-state index contributed by atoms with van der Waals surface area (Å²) >= 11 is 0. The molecule has 0 unspecified atom stereocenters. The monoisotopic (exact) mass is 390 g/mol. The molecule has 2 fully saturated rings. The fourth-order valence-electron chi connectivity index (χ4n) is 4.86. The van der Waals surface area contributed by atoms with Crippen LogP contribution in [0, 0.1) is 11.8 Å². The number of likely N-dealkylation sites (tertiary alicyclic amines) is 1. The number of aromatic nitrogens is 4. The minimum Gasteiger partial charge on any atom is -0.391 e. The van der Waals surface area contributed by atoms with Crippen LogP contribution in [0.2, 0.25) is 0 Å². The fourth-order valence-corrected chi connectivity index (χ4v) is 4.86. The standard InChI is InChI=1S/C22H26N6O/c29-21-11-17-14-27(13-16(17)10-20(21)26-22-12-23-8-9-24-22)15-19-6-7-25-28(19)18-4-2-1-3-5-18/h1-9,12,16-17,20-21,29H,10-11,13-15H2,(H,24,26)/t16-,17+,20-,21-/m1/s1. The Hall–Kier alpha value is -2.77.